The van der Waals surface area contributed by atoms with Gasteiger partial charge in [0.15, 0.2) is 0 Å². The number of rotatable bonds is 7. The van der Waals surface area contributed by atoms with E-state index in [2.05, 4.69) is 4.90 Å². The summed E-state index contributed by atoms with van der Waals surface area (Å²) >= 11 is 4.79. The molecule has 0 rings (SSSR count). The van der Waals surface area contributed by atoms with Crippen LogP contribution in [0, 0.1) is 0 Å². The summed E-state index contributed by atoms with van der Waals surface area (Å²) in [6, 6.07) is 0. The van der Waals surface area contributed by atoms with Crippen molar-refractivity contribution in [2.75, 3.05) is 26.7 Å². The summed E-state index contributed by atoms with van der Waals surface area (Å²) in [5.41, 5.74) is 5.39. The highest BCUT2D eigenvalue weighted by molar-refractivity contribution is 7.80. The van der Waals surface area contributed by atoms with Crippen molar-refractivity contribution in [2.24, 2.45) is 5.73 Å². The second-order valence-electron chi connectivity index (χ2n) is 3.44. The van der Waals surface area contributed by atoms with Gasteiger partial charge >= 0.3 is 0 Å². The SMILES string of the molecule is CC(C)OCCN(C)CCC(N)=S. The molecule has 0 aliphatic rings. The Morgan fingerprint density at radius 1 is 1.46 bits per heavy atom. The Balaban J connectivity index is 3.30. The largest absolute Gasteiger partial charge is 0.393 e. The average molecular weight is 204 g/mol. The lowest BCUT2D eigenvalue weighted by Gasteiger charge is -2.16. The van der Waals surface area contributed by atoms with Gasteiger partial charge in [0.05, 0.1) is 17.7 Å². The highest BCUT2D eigenvalue weighted by atomic mass is 32.1. The maximum absolute atomic E-state index is 5.41. The first-order valence-corrected chi connectivity index (χ1v) is 5.01. The van der Waals surface area contributed by atoms with Crippen molar-refractivity contribution in [1.29, 1.82) is 0 Å². The van der Waals surface area contributed by atoms with E-state index in [-0.39, 0.29) is 0 Å². The zero-order valence-corrected chi connectivity index (χ0v) is 9.56. The number of hydrogen-bond donors (Lipinski definition) is 1. The Bertz CT molecular complexity index is 151. The molecule has 0 fully saturated rings. The molecular formula is C9H20N2OS. The van der Waals surface area contributed by atoms with Gasteiger partial charge < -0.3 is 15.4 Å². The van der Waals surface area contributed by atoms with E-state index in [0.29, 0.717) is 11.1 Å². The smallest absolute Gasteiger partial charge is 0.0740 e. The van der Waals surface area contributed by atoms with E-state index < -0.39 is 0 Å². The molecule has 78 valence electrons. The maximum Gasteiger partial charge on any atom is 0.0740 e. The van der Waals surface area contributed by atoms with Crippen LogP contribution in [0.3, 0.4) is 0 Å². The number of thiocarbonyl (C=S) groups is 1. The first kappa shape index (κ1) is 12.8. The molecule has 0 spiro atoms. The van der Waals surface area contributed by atoms with Crippen molar-refractivity contribution in [1.82, 2.24) is 4.90 Å². The van der Waals surface area contributed by atoms with Crippen molar-refractivity contribution >= 4 is 17.2 Å². The monoisotopic (exact) mass is 204 g/mol. The predicted molar refractivity (Wildman–Crippen MR) is 60.0 cm³/mol. The number of nitrogens with two attached hydrogens (primary N) is 1. The van der Waals surface area contributed by atoms with Crippen LogP contribution in [0.5, 0.6) is 0 Å². The van der Waals surface area contributed by atoms with E-state index in [0.717, 1.165) is 26.1 Å². The normalized spacial score (nSPS) is 11.2. The Morgan fingerprint density at radius 2 is 2.08 bits per heavy atom. The zero-order chi connectivity index (χ0) is 10.3. The van der Waals surface area contributed by atoms with Crippen LogP contribution in [0.25, 0.3) is 0 Å². The molecular weight excluding hydrogens is 184 g/mol. The van der Waals surface area contributed by atoms with Crippen LogP contribution >= 0.6 is 12.2 Å². The molecule has 0 heterocycles. The standard InChI is InChI=1S/C9H20N2OS/c1-8(2)12-7-6-11(3)5-4-9(10)13/h8H,4-7H2,1-3H3,(H2,10,13). The minimum atomic E-state index is 0.309. The zero-order valence-electron chi connectivity index (χ0n) is 8.75. The van der Waals surface area contributed by atoms with Gasteiger partial charge in [0, 0.05) is 19.5 Å². The van der Waals surface area contributed by atoms with Gasteiger partial charge in [0.25, 0.3) is 0 Å². The molecule has 0 saturated heterocycles. The Labute approximate surface area is 86.2 Å². The molecule has 0 radical (unpaired) electrons. The second-order valence-corrected chi connectivity index (χ2v) is 3.96. The summed E-state index contributed by atoms with van der Waals surface area (Å²) in [5, 5.41) is 0. The molecule has 0 aliphatic heterocycles. The van der Waals surface area contributed by atoms with E-state index in [1.54, 1.807) is 0 Å². The third-order valence-corrected chi connectivity index (χ3v) is 1.87. The molecule has 0 aromatic rings. The average Bonchev–Trinajstić information content (AvgIpc) is 2.00. The molecule has 13 heavy (non-hydrogen) atoms. The maximum atomic E-state index is 5.41. The van der Waals surface area contributed by atoms with Crippen LogP contribution in [-0.2, 0) is 4.74 Å². The van der Waals surface area contributed by atoms with Crippen LogP contribution in [0.4, 0.5) is 0 Å². The molecule has 0 bridgehead atoms. The van der Waals surface area contributed by atoms with Gasteiger partial charge in [-0.05, 0) is 20.9 Å². The van der Waals surface area contributed by atoms with Crippen molar-refractivity contribution < 1.29 is 4.74 Å². The van der Waals surface area contributed by atoms with Gasteiger partial charge in [0.2, 0.25) is 0 Å². The van der Waals surface area contributed by atoms with Crippen LogP contribution in [0.1, 0.15) is 20.3 Å². The molecule has 0 amide bonds. The number of ether oxygens (including phenoxy) is 1. The lowest BCUT2D eigenvalue weighted by molar-refractivity contribution is 0.0643. The fraction of sp³-hybridized carbons (Fsp3) is 0.889. The lowest BCUT2D eigenvalue weighted by Crippen LogP contribution is -2.27. The third kappa shape index (κ3) is 9.73. The minimum absolute atomic E-state index is 0.309. The van der Waals surface area contributed by atoms with E-state index in [4.69, 9.17) is 22.7 Å². The summed E-state index contributed by atoms with van der Waals surface area (Å²) in [7, 11) is 2.04. The Kier molecular flexibility index (Phi) is 7.13. The van der Waals surface area contributed by atoms with Crippen molar-refractivity contribution in [3.8, 4) is 0 Å². The predicted octanol–water partition coefficient (Wildman–Crippen LogP) is 1.02. The van der Waals surface area contributed by atoms with E-state index >= 15 is 0 Å². The molecule has 0 unspecified atom stereocenters. The second kappa shape index (κ2) is 7.24. The highest BCUT2D eigenvalue weighted by Crippen LogP contribution is 1.91. The van der Waals surface area contributed by atoms with Crippen LogP contribution in [-0.4, -0.2) is 42.7 Å². The van der Waals surface area contributed by atoms with Gasteiger partial charge in [-0.25, -0.2) is 0 Å². The first-order valence-electron chi connectivity index (χ1n) is 4.61. The quantitative estimate of drug-likeness (QED) is 0.628. The van der Waals surface area contributed by atoms with Gasteiger partial charge in [0.1, 0.15) is 0 Å². The summed E-state index contributed by atoms with van der Waals surface area (Å²) < 4.78 is 5.41. The van der Waals surface area contributed by atoms with Crippen LogP contribution < -0.4 is 5.73 Å². The van der Waals surface area contributed by atoms with Gasteiger partial charge in [-0.3, -0.25) is 0 Å². The topological polar surface area (TPSA) is 38.5 Å². The van der Waals surface area contributed by atoms with Gasteiger partial charge in [-0.15, -0.1) is 0 Å². The van der Waals surface area contributed by atoms with Crippen molar-refractivity contribution in [3.63, 3.8) is 0 Å². The molecule has 0 aromatic carbocycles. The fourth-order valence-corrected chi connectivity index (χ4v) is 0.948. The Morgan fingerprint density at radius 3 is 2.54 bits per heavy atom. The number of likely N-dealkylation sites (N-methyl/N-ethyl adjacent to an activating group) is 1. The highest BCUT2D eigenvalue weighted by Gasteiger charge is 1.99. The summed E-state index contributed by atoms with van der Waals surface area (Å²) in [4.78, 5) is 2.75. The molecule has 3 nitrogen and oxygen atoms in total. The summed E-state index contributed by atoms with van der Waals surface area (Å²) in [5.74, 6) is 0. The lowest BCUT2D eigenvalue weighted by atomic mass is 10.4. The number of nitrogens with zero attached hydrogens (tertiary/aromatic N) is 1. The Hall–Kier alpha value is -0.190. The first-order chi connectivity index (χ1) is 6.02. The fourth-order valence-electron chi connectivity index (χ4n) is 0.857. The third-order valence-electron chi connectivity index (χ3n) is 1.66. The molecule has 0 aliphatic carbocycles. The van der Waals surface area contributed by atoms with Gasteiger partial charge in [-0.1, -0.05) is 12.2 Å². The van der Waals surface area contributed by atoms with Crippen molar-refractivity contribution in [2.45, 2.75) is 26.4 Å². The molecule has 0 atom stereocenters. The van der Waals surface area contributed by atoms with E-state index in [9.17, 15) is 0 Å². The van der Waals surface area contributed by atoms with Gasteiger partial charge in [-0.2, -0.15) is 0 Å². The number of hydrogen-bond acceptors (Lipinski definition) is 3. The van der Waals surface area contributed by atoms with E-state index in [1.165, 1.54) is 0 Å². The molecule has 0 aromatic heterocycles. The molecule has 4 heteroatoms. The van der Waals surface area contributed by atoms with Crippen LogP contribution in [0.15, 0.2) is 0 Å². The van der Waals surface area contributed by atoms with Crippen molar-refractivity contribution in [3.05, 3.63) is 0 Å². The summed E-state index contributed by atoms with van der Waals surface area (Å²) in [6.07, 6.45) is 1.09. The summed E-state index contributed by atoms with van der Waals surface area (Å²) in [6.45, 7) is 6.69. The minimum Gasteiger partial charge on any atom is -0.393 e. The van der Waals surface area contributed by atoms with Crippen LogP contribution in [0.2, 0.25) is 0 Å². The molecule has 0 saturated carbocycles. The molecule has 2 N–H and O–H groups in total. The van der Waals surface area contributed by atoms with E-state index in [1.807, 2.05) is 20.9 Å².